The number of fused-ring (bicyclic) bond motifs is 1. The highest BCUT2D eigenvalue weighted by atomic mass is 32.1. The number of methoxy groups -OCH3 is 1. The summed E-state index contributed by atoms with van der Waals surface area (Å²) in [5, 5.41) is 3.11. The molecule has 8 heteroatoms. The Morgan fingerprint density at radius 3 is 2.53 bits per heavy atom. The number of likely N-dealkylation sites (N-methyl/N-ethyl adjacent to an activating group) is 1. The molecule has 0 saturated heterocycles. The van der Waals surface area contributed by atoms with Gasteiger partial charge in [-0.2, -0.15) is 0 Å². The van der Waals surface area contributed by atoms with Crippen molar-refractivity contribution in [2.24, 2.45) is 0 Å². The second kappa shape index (κ2) is 9.77. The van der Waals surface area contributed by atoms with Crippen molar-refractivity contribution in [3.8, 4) is 0 Å². The zero-order valence-corrected chi connectivity index (χ0v) is 17.5. The smallest absolute Gasteiger partial charge is 0.264 e. The first kappa shape index (κ1) is 21.9. The van der Waals surface area contributed by atoms with Crippen LogP contribution < -0.4 is 5.32 Å². The van der Waals surface area contributed by atoms with Crippen molar-refractivity contribution in [1.82, 2.24) is 10.2 Å². The molecule has 2 aromatic carbocycles. The predicted molar refractivity (Wildman–Crippen MR) is 112 cm³/mol. The van der Waals surface area contributed by atoms with Crippen molar-refractivity contribution in [2.45, 2.75) is 20.1 Å². The summed E-state index contributed by atoms with van der Waals surface area (Å²) < 4.78 is 33.2. The molecule has 0 saturated carbocycles. The summed E-state index contributed by atoms with van der Waals surface area (Å²) in [6.07, 6.45) is 0. The molecule has 3 rings (SSSR count). The average Bonchev–Trinajstić information content (AvgIpc) is 3.11. The molecule has 0 aliphatic rings. The van der Waals surface area contributed by atoms with Gasteiger partial charge in [0.15, 0.2) is 0 Å². The van der Waals surface area contributed by atoms with Crippen molar-refractivity contribution in [3.05, 3.63) is 70.1 Å². The fourth-order valence-corrected chi connectivity index (χ4v) is 4.31. The number of hydrogen-bond donors (Lipinski definition) is 1. The Kier molecular flexibility index (Phi) is 7.12. The molecule has 5 nitrogen and oxygen atoms in total. The number of ether oxygens (including phenoxy) is 1. The van der Waals surface area contributed by atoms with E-state index < -0.39 is 5.82 Å². The summed E-state index contributed by atoms with van der Waals surface area (Å²) in [5.74, 6) is -1.44. The topological polar surface area (TPSA) is 58.6 Å². The lowest BCUT2D eigenvalue weighted by molar-refractivity contribution is -0.121. The van der Waals surface area contributed by atoms with Crippen LogP contribution in [-0.4, -0.2) is 36.9 Å². The lowest BCUT2D eigenvalue weighted by Gasteiger charge is -2.20. The molecule has 1 N–H and O–H groups in total. The highest BCUT2D eigenvalue weighted by Gasteiger charge is 2.25. The van der Waals surface area contributed by atoms with Gasteiger partial charge >= 0.3 is 0 Å². The first-order valence-corrected chi connectivity index (χ1v) is 10.3. The van der Waals surface area contributed by atoms with E-state index in [1.807, 2.05) is 0 Å². The highest BCUT2D eigenvalue weighted by molar-refractivity contribution is 7.21. The second-order valence-corrected chi connectivity index (χ2v) is 7.73. The van der Waals surface area contributed by atoms with Gasteiger partial charge in [0.2, 0.25) is 5.91 Å². The Balaban J connectivity index is 1.75. The minimum Gasteiger partial charge on any atom is -0.380 e. The fraction of sp³-hybridized carbons (Fsp3) is 0.273. The van der Waals surface area contributed by atoms with Crippen LogP contribution in [0.3, 0.4) is 0 Å². The summed E-state index contributed by atoms with van der Waals surface area (Å²) in [6.45, 7) is 2.27. The number of nitrogens with zero attached hydrogens (tertiary/aromatic N) is 1. The fourth-order valence-electron chi connectivity index (χ4n) is 3.13. The van der Waals surface area contributed by atoms with Crippen LogP contribution in [-0.2, 0) is 22.7 Å². The van der Waals surface area contributed by atoms with Gasteiger partial charge in [-0.3, -0.25) is 9.59 Å². The van der Waals surface area contributed by atoms with Crippen LogP contribution in [0.1, 0.15) is 27.7 Å². The Bertz CT molecular complexity index is 1050. The summed E-state index contributed by atoms with van der Waals surface area (Å²) in [7, 11) is 1.49. The third-order valence-electron chi connectivity index (χ3n) is 4.65. The zero-order chi connectivity index (χ0) is 21.7. The number of amides is 2. The molecule has 0 aliphatic carbocycles. The van der Waals surface area contributed by atoms with Crippen LogP contribution in [0.4, 0.5) is 8.78 Å². The quantitative estimate of drug-likeness (QED) is 0.583. The molecule has 158 valence electrons. The minimum atomic E-state index is -0.407. The molecule has 1 heterocycles. The van der Waals surface area contributed by atoms with Crippen LogP contribution in [0.2, 0.25) is 0 Å². The van der Waals surface area contributed by atoms with Crippen LogP contribution in [0.5, 0.6) is 0 Å². The second-order valence-electron chi connectivity index (χ2n) is 6.68. The zero-order valence-electron chi connectivity index (χ0n) is 16.7. The van der Waals surface area contributed by atoms with E-state index in [0.717, 1.165) is 5.56 Å². The number of thiophene rings is 1. The van der Waals surface area contributed by atoms with Crippen molar-refractivity contribution in [2.75, 3.05) is 20.2 Å². The normalized spacial score (nSPS) is 10.9. The van der Waals surface area contributed by atoms with Crippen molar-refractivity contribution >= 4 is 33.2 Å². The maximum absolute atomic E-state index is 14.4. The van der Waals surface area contributed by atoms with Crippen LogP contribution in [0.25, 0.3) is 10.1 Å². The number of carbonyl (C=O) groups excluding carboxylic acids is 2. The van der Waals surface area contributed by atoms with Gasteiger partial charge in [-0.05, 0) is 36.8 Å². The van der Waals surface area contributed by atoms with E-state index in [-0.39, 0.29) is 37.3 Å². The maximum Gasteiger partial charge on any atom is 0.264 e. The Morgan fingerprint density at radius 2 is 1.87 bits per heavy atom. The molecule has 1 aromatic heterocycles. The molecule has 3 aromatic rings. The number of halogens is 2. The number of benzene rings is 2. The number of rotatable bonds is 8. The van der Waals surface area contributed by atoms with Crippen LogP contribution in [0, 0.1) is 11.6 Å². The number of nitrogens with one attached hydrogen (secondary N) is 1. The Labute approximate surface area is 177 Å². The molecule has 0 aliphatic heterocycles. The molecular formula is C22H22F2N2O3S. The van der Waals surface area contributed by atoms with Gasteiger partial charge in [0.05, 0.1) is 18.0 Å². The van der Waals surface area contributed by atoms with Gasteiger partial charge in [-0.25, -0.2) is 8.78 Å². The van der Waals surface area contributed by atoms with Crippen molar-refractivity contribution in [3.63, 3.8) is 0 Å². The molecule has 30 heavy (non-hydrogen) atoms. The molecule has 0 fully saturated rings. The van der Waals surface area contributed by atoms with E-state index in [9.17, 15) is 18.4 Å². The maximum atomic E-state index is 14.4. The summed E-state index contributed by atoms with van der Waals surface area (Å²) in [5.41, 5.74) is 1.24. The van der Waals surface area contributed by atoms with E-state index in [0.29, 0.717) is 27.1 Å². The van der Waals surface area contributed by atoms with Crippen LogP contribution >= 0.6 is 11.3 Å². The minimum absolute atomic E-state index is 0.0936. The molecule has 0 unspecified atom stereocenters. The van der Waals surface area contributed by atoms with Gasteiger partial charge in [-0.15, -0.1) is 11.3 Å². The van der Waals surface area contributed by atoms with E-state index in [1.165, 1.54) is 41.5 Å². The molecule has 2 amide bonds. The third-order valence-corrected chi connectivity index (χ3v) is 5.84. The van der Waals surface area contributed by atoms with Crippen molar-refractivity contribution < 1.29 is 23.1 Å². The van der Waals surface area contributed by atoms with Gasteiger partial charge in [0, 0.05) is 35.8 Å². The molecule has 0 atom stereocenters. The molecule has 0 bridgehead atoms. The monoisotopic (exact) mass is 432 g/mol. The van der Waals surface area contributed by atoms with E-state index in [2.05, 4.69) is 5.32 Å². The summed E-state index contributed by atoms with van der Waals surface area (Å²) in [4.78, 5) is 27.3. The Hall–Kier alpha value is -2.84. The lowest BCUT2D eigenvalue weighted by atomic mass is 10.1. The number of carbonyl (C=O) groups is 2. The van der Waals surface area contributed by atoms with E-state index in [1.54, 1.807) is 31.2 Å². The largest absolute Gasteiger partial charge is 0.380 e. The average molecular weight is 432 g/mol. The van der Waals surface area contributed by atoms with Gasteiger partial charge in [0.25, 0.3) is 5.91 Å². The molecule has 0 radical (unpaired) electrons. The molecular weight excluding hydrogens is 410 g/mol. The van der Waals surface area contributed by atoms with Gasteiger partial charge in [0.1, 0.15) is 11.6 Å². The van der Waals surface area contributed by atoms with Crippen molar-refractivity contribution in [1.29, 1.82) is 0 Å². The standard InChI is InChI=1S/C22H22F2N2O3S/c1-3-26(12-19(27)25-11-14-7-9-15(23)10-8-14)22(28)21-16(13-29-2)20-17(24)5-4-6-18(20)30-21/h4-10H,3,11-13H2,1-2H3,(H,25,27). The number of hydrogen-bond acceptors (Lipinski definition) is 4. The molecule has 0 spiro atoms. The Morgan fingerprint density at radius 1 is 1.13 bits per heavy atom. The first-order chi connectivity index (χ1) is 14.4. The van der Waals surface area contributed by atoms with E-state index in [4.69, 9.17) is 4.74 Å². The lowest BCUT2D eigenvalue weighted by Crippen LogP contribution is -2.40. The highest BCUT2D eigenvalue weighted by Crippen LogP contribution is 2.34. The van der Waals surface area contributed by atoms with Crippen LogP contribution in [0.15, 0.2) is 42.5 Å². The van der Waals surface area contributed by atoms with E-state index >= 15 is 0 Å². The van der Waals surface area contributed by atoms with Gasteiger partial charge in [-0.1, -0.05) is 18.2 Å². The third kappa shape index (κ3) is 4.83. The summed E-state index contributed by atoms with van der Waals surface area (Å²) >= 11 is 1.19. The summed E-state index contributed by atoms with van der Waals surface area (Å²) in [6, 6.07) is 10.5. The van der Waals surface area contributed by atoms with Gasteiger partial charge < -0.3 is 15.0 Å². The first-order valence-electron chi connectivity index (χ1n) is 9.43. The SMILES string of the molecule is CCN(CC(=O)NCc1ccc(F)cc1)C(=O)c1sc2cccc(F)c2c1COC. The predicted octanol–water partition coefficient (Wildman–Crippen LogP) is 4.10.